The highest BCUT2D eigenvalue weighted by Crippen LogP contribution is 2.40. The number of hydrogen-bond donors (Lipinski definition) is 6. The lowest BCUT2D eigenvalue weighted by Gasteiger charge is -2.35. The molecule has 0 aromatic carbocycles. The summed E-state index contributed by atoms with van der Waals surface area (Å²) in [6.45, 7) is 1.20. The van der Waals surface area contributed by atoms with Crippen LogP contribution in [0.4, 0.5) is 5.95 Å². The van der Waals surface area contributed by atoms with Gasteiger partial charge in [0, 0.05) is 12.5 Å². The maximum atomic E-state index is 12.0. The number of nitrogen functional groups attached to an aromatic ring is 1. The lowest BCUT2D eigenvalue weighted by molar-refractivity contribution is -0.152. The van der Waals surface area contributed by atoms with Crippen LogP contribution in [0.3, 0.4) is 0 Å². The molecule has 2 aromatic rings. The molecule has 1 unspecified atom stereocenters. The zero-order chi connectivity index (χ0) is 17.6. The van der Waals surface area contributed by atoms with Crippen LogP contribution in [0.1, 0.15) is 13.3 Å². The Kier molecular flexibility index (Phi) is 4.05. The Balaban J connectivity index is 2.23. The predicted molar refractivity (Wildman–Crippen MR) is 82.8 cm³/mol. The Bertz CT molecular complexity index is 804. The molecule has 24 heavy (non-hydrogen) atoms. The SMILES string of the molecule is CC(N)C[C@@]1(n2cnc3c(=O)[nH]c(N)nc32)O[C@H](CO)[C@@H](O)[C@H]1O. The number of rotatable bonds is 4. The first-order chi connectivity index (χ1) is 11.3. The molecule has 1 saturated heterocycles. The summed E-state index contributed by atoms with van der Waals surface area (Å²) < 4.78 is 7.10. The van der Waals surface area contributed by atoms with Crippen molar-refractivity contribution in [3.05, 3.63) is 16.7 Å². The van der Waals surface area contributed by atoms with Crippen LogP contribution in [-0.4, -0.2) is 65.8 Å². The number of nitrogens with two attached hydrogens (primary N) is 2. The van der Waals surface area contributed by atoms with Gasteiger partial charge >= 0.3 is 0 Å². The molecule has 5 atom stereocenters. The molecule has 0 saturated carbocycles. The Morgan fingerprint density at radius 1 is 1.54 bits per heavy atom. The van der Waals surface area contributed by atoms with Crippen molar-refractivity contribution in [3.8, 4) is 0 Å². The van der Waals surface area contributed by atoms with Crippen LogP contribution < -0.4 is 17.0 Å². The van der Waals surface area contributed by atoms with E-state index in [2.05, 4.69) is 15.0 Å². The molecule has 0 aliphatic carbocycles. The van der Waals surface area contributed by atoms with Gasteiger partial charge in [-0.2, -0.15) is 4.98 Å². The van der Waals surface area contributed by atoms with Gasteiger partial charge in [0.25, 0.3) is 5.56 Å². The Hall–Kier alpha value is -2.05. The van der Waals surface area contributed by atoms with Crippen molar-refractivity contribution in [3.63, 3.8) is 0 Å². The summed E-state index contributed by atoms with van der Waals surface area (Å²) in [6.07, 6.45) is -2.42. The van der Waals surface area contributed by atoms with Crippen molar-refractivity contribution in [2.24, 2.45) is 5.73 Å². The van der Waals surface area contributed by atoms with Crippen molar-refractivity contribution in [2.45, 2.75) is 43.4 Å². The van der Waals surface area contributed by atoms with E-state index in [1.54, 1.807) is 6.92 Å². The van der Waals surface area contributed by atoms with Crippen LogP contribution in [0.25, 0.3) is 11.2 Å². The van der Waals surface area contributed by atoms with Crippen LogP contribution in [-0.2, 0) is 10.5 Å². The minimum atomic E-state index is -1.54. The molecule has 11 nitrogen and oxygen atoms in total. The fourth-order valence-corrected chi connectivity index (χ4v) is 3.15. The molecule has 1 fully saturated rings. The smallest absolute Gasteiger partial charge is 0.280 e. The average Bonchev–Trinajstić information content (AvgIpc) is 3.02. The molecule has 8 N–H and O–H groups in total. The van der Waals surface area contributed by atoms with Crippen molar-refractivity contribution in [2.75, 3.05) is 12.3 Å². The second-order valence-corrected chi connectivity index (χ2v) is 6.04. The third-order valence-corrected chi connectivity index (χ3v) is 4.15. The number of fused-ring (bicyclic) bond motifs is 1. The quantitative estimate of drug-likeness (QED) is 0.342. The first-order valence-electron chi connectivity index (χ1n) is 7.44. The third kappa shape index (κ3) is 2.37. The summed E-state index contributed by atoms with van der Waals surface area (Å²) in [5.74, 6) is -0.128. The summed E-state index contributed by atoms with van der Waals surface area (Å²) in [5, 5.41) is 30.1. The molecule has 132 valence electrons. The minimum absolute atomic E-state index is 0.00554. The van der Waals surface area contributed by atoms with Gasteiger partial charge in [0.05, 0.1) is 12.9 Å². The number of nitrogens with one attached hydrogen (secondary N) is 1. The Morgan fingerprint density at radius 3 is 2.83 bits per heavy atom. The average molecular weight is 340 g/mol. The highest BCUT2D eigenvalue weighted by Gasteiger charge is 2.56. The molecular weight excluding hydrogens is 320 g/mol. The minimum Gasteiger partial charge on any atom is -0.394 e. The number of H-pyrrole nitrogens is 1. The first kappa shape index (κ1) is 16.8. The summed E-state index contributed by atoms with van der Waals surface area (Å²) in [7, 11) is 0. The molecule has 11 heteroatoms. The van der Waals surface area contributed by atoms with E-state index >= 15 is 0 Å². The largest absolute Gasteiger partial charge is 0.394 e. The highest BCUT2D eigenvalue weighted by molar-refractivity contribution is 5.70. The summed E-state index contributed by atoms with van der Waals surface area (Å²) in [6, 6.07) is -0.430. The van der Waals surface area contributed by atoms with Crippen molar-refractivity contribution < 1.29 is 20.1 Å². The number of aromatic amines is 1. The second kappa shape index (κ2) is 5.79. The molecule has 0 bridgehead atoms. The maximum absolute atomic E-state index is 12.0. The maximum Gasteiger partial charge on any atom is 0.280 e. The summed E-state index contributed by atoms with van der Waals surface area (Å²) in [5.41, 5.74) is 9.48. The van der Waals surface area contributed by atoms with Gasteiger partial charge in [-0.1, -0.05) is 0 Å². The van der Waals surface area contributed by atoms with Gasteiger partial charge < -0.3 is 31.5 Å². The van der Waals surface area contributed by atoms with E-state index in [-0.39, 0.29) is 23.5 Å². The van der Waals surface area contributed by atoms with E-state index in [1.165, 1.54) is 10.9 Å². The van der Waals surface area contributed by atoms with E-state index in [1.807, 2.05) is 0 Å². The number of aliphatic hydroxyl groups excluding tert-OH is 3. The molecule has 3 rings (SSSR count). The standard InChI is InChI=1S/C13H20N6O5/c1-5(14)2-13(9(22)8(21)6(3-20)24-13)19-4-16-7-10(19)17-12(15)18-11(7)23/h4-6,8-9,20-22H,2-3,14H2,1H3,(H3,15,17,18,23)/t5?,6-,8-,9-,13-/m1/s1. The number of aromatic nitrogens is 4. The van der Waals surface area contributed by atoms with Crippen LogP contribution in [0, 0.1) is 0 Å². The number of aliphatic hydroxyl groups is 3. The van der Waals surface area contributed by atoms with E-state index in [0.717, 1.165) is 0 Å². The highest BCUT2D eigenvalue weighted by atomic mass is 16.6. The Labute approximate surface area is 135 Å². The van der Waals surface area contributed by atoms with E-state index in [9.17, 15) is 20.1 Å². The summed E-state index contributed by atoms with van der Waals surface area (Å²) >= 11 is 0. The normalized spacial score (nSPS) is 31.6. The van der Waals surface area contributed by atoms with Crippen molar-refractivity contribution in [1.29, 1.82) is 0 Å². The molecule has 1 aliphatic rings. The molecule has 0 spiro atoms. The van der Waals surface area contributed by atoms with Gasteiger partial charge in [-0.05, 0) is 6.92 Å². The molecule has 0 amide bonds. The van der Waals surface area contributed by atoms with Crippen LogP contribution in [0.15, 0.2) is 11.1 Å². The molecule has 0 radical (unpaired) electrons. The number of imidazole rings is 1. The fraction of sp³-hybridized carbons (Fsp3) is 0.615. The van der Waals surface area contributed by atoms with Gasteiger partial charge in [-0.15, -0.1) is 0 Å². The first-order valence-corrected chi connectivity index (χ1v) is 7.44. The second-order valence-electron chi connectivity index (χ2n) is 6.04. The number of hydrogen-bond acceptors (Lipinski definition) is 9. The molecule has 3 heterocycles. The van der Waals surface area contributed by atoms with Gasteiger partial charge in [0.15, 0.2) is 16.9 Å². The third-order valence-electron chi connectivity index (χ3n) is 4.15. The van der Waals surface area contributed by atoms with E-state index in [0.29, 0.717) is 0 Å². The molecule has 2 aromatic heterocycles. The van der Waals surface area contributed by atoms with Gasteiger partial charge in [-0.25, -0.2) is 4.98 Å². The Morgan fingerprint density at radius 2 is 2.25 bits per heavy atom. The van der Waals surface area contributed by atoms with Crippen molar-refractivity contribution >= 4 is 17.1 Å². The monoisotopic (exact) mass is 340 g/mol. The van der Waals surface area contributed by atoms with Gasteiger partial charge in [-0.3, -0.25) is 14.3 Å². The zero-order valence-electron chi connectivity index (χ0n) is 13.0. The number of anilines is 1. The fourth-order valence-electron chi connectivity index (χ4n) is 3.15. The van der Waals surface area contributed by atoms with Gasteiger partial charge in [0.2, 0.25) is 5.95 Å². The number of ether oxygens (including phenoxy) is 1. The number of nitrogens with zero attached hydrogens (tertiary/aromatic N) is 3. The van der Waals surface area contributed by atoms with Crippen LogP contribution in [0.2, 0.25) is 0 Å². The predicted octanol–water partition coefficient (Wildman–Crippen LogP) is -2.80. The lowest BCUT2D eigenvalue weighted by atomic mass is 9.96. The zero-order valence-corrected chi connectivity index (χ0v) is 13.0. The lowest BCUT2D eigenvalue weighted by Crippen LogP contribution is -2.48. The molecule has 1 aliphatic heterocycles. The topological polar surface area (TPSA) is 186 Å². The van der Waals surface area contributed by atoms with Crippen LogP contribution in [0.5, 0.6) is 0 Å². The molecular formula is C13H20N6O5. The van der Waals surface area contributed by atoms with E-state index < -0.39 is 42.2 Å². The van der Waals surface area contributed by atoms with Crippen LogP contribution >= 0.6 is 0 Å². The van der Waals surface area contributed by atoms with Gasteiger partial charge in [0.1, 0.15) is 18.3 Å². The summed E-state index contributed by atoms with van der Waals surface area (Å²) in [4.78, 5) is 22.3. The van der Waals surface area contributed by atoms with E-state index in [4.69, 9.17) is 16.2 Å². The van der Waals surface area contributed by atoms with Crippen molar-refractivity contribution in [1.82, 2.24) is 19.5 Å².